The Kier molecular flexibility index (Phi) is 7.48. The maximum Gasteiger partial charge on any atom is 0.306 e. The standard InChI is InChI=1S/C14H26N2O3/c1-3-16-9-7-12(8-10-16)11-15-13(17)5-6-14(18)19-4-2/h12H,3-11H2,1-2H3,(H,15,17). The van der Waals surface area contributed by atoms with Gasteiger partial charge in [0.2, 0.25) is 5.91 Å². The van der Waals surface area contributed by atoms with Gasteiger partial charge in [-0.2, -0.15) is 0 Å². The lowest BCUT2D eigenvalue weighted by Crippen LogP contribution is -2.38. The molecule has 1 saturated heterocycles. The molecular formula is C14H26N2O3. The summed E-state index contributed by atoms with van der Waals surface area (Å²) in [6.45, 7) is 8.41. The Hall–Kier alpha value is -1.10. The fourth-order valence-corrected chi connectivity index (χ4v) is 2.30. The molecule has 1 heterocycles. The number of hydrogen-bond donors (Lipinski definition) is 1. The van der Waals surface area contributed by atoms with Crippen molar-refractivity contribution in [3.8, 4) is 0 Å². The van der Waals surface area contributed by atoms with Crippen LogP contribution >= 0.6 is 0 Å². The van der Waals surface area contributed by atoms with Gasteiger partial charge in [-0.05, 0) is 45.3 Å². The summed E-state index contributed by atoms with van der Waals surface area (Å²) in [5, 5.41) is 2.92. The number of ether oxygens (including phenoxy) is 1. The first kappa shape index (κ1) is 16.0. The van der Waals surface area contributed by atoms with Crippen molar-refractivity contribution in [2.45, 2.75) is 39.5 Å². The second-order valence-corrected chi connectivity index (χ2v) is 4.99. The molecule has 5 heteroatoms. The number of amides is 1. The Morgan fingerprint density at radius 1 is 1.21 bits per heavy atom. The Morgan fingerprint density at radius 2 is 1.89 bits per heavy atom. The first-order valence-electron chi connectivity index (χ1n) is 7.30. The monoisotopic (exact) mass is 270 g/mol. The Labute approximate surface area is 115 Å². The lowest BCUT2D eigenvalue weighted by molar-refractivity contribution is -0.144. The van der Waals surface area contributed by atoms with Crippen LogP contribution in [0.5, 0.6) is 0 Å². The average molecular weight is 270 g/mol. The molecule has 0 spiro atoms. The van der Waals surface area contributed by atoms with Crippen LogP contribution in [0.25, 0.3) is 0 Å². The minimum absolute atomic E-state index is 0.0500. The van der Waals surface area contributed by atoms with E-state index >= 15 is 0 Å². The van der Waals surface area contributed by atoms with Gasteiger partial charge < -0.3 is 15.0 Å². The maximum absolute atomic E-state index is 11.6. The quantitative estimate of drug-likeness (QED) is 0.706. The van der Waals surface area contributed by atoms with Gasteiger partial charge >= 0.3 is 5.97 Å². The largest absolute Gasteiger partial charge is 0.466 e. The summed E-state index contributed by atoms with van der Waals surface area (Å²) in [5.41, 5.74) is 0. The van der Waals surface area contributed by atoms with Crippen LogP contribution in [0, 0.1) is 5.92 Å². The van der Waals surface area contributed by atoms with Crippen LogP contribution in [0.2, 0.25) is 0 Å². The van der Waals surface area contributed by atoms with Crippen molar-refractivity contribution in [3.63, 3.8) is 0 Å². The zero-order chi connectivity index (χ0) is 14.1. The molecule has 0 unspecified atom stereocenters. The number of nitrogens with one attached hydrogen (secondary N) is 1. The van der Waals surface area contributed by atoms with E-state index in [1.807, 2.05) is 0 Å². The summed E-state index contributed by atoms with van der Waals surface area (Å²) in [6, 6.07) is 0. The summed E-state index contributed by atoms with van der Waals surface area (Å²) in [6.07, 6.45) is 2.69. The molecule has 110 valence electrons. The third-order valence-electron chi connectivity index (χ3n) is 3.60. The highest BCUT2D eigenvalue weighted by molar-refractivity contribution is 5.81. The number of carbonyl (C=O) groups is 2. The first-order valence-corrected chi connectivity index (χ1v) is 7.30. The van der Waals surface area contributed by atoms with E-state index in [9.17, 15) is 9.59 Å². The Balaban J connectivity index is 2.08. The molecule has 0 atom stereocenters. The lowest BCUT2D eigenvalue weighted by atomic mass is 9.97. The molecule has 0 saturated carbocycles. The van der Waals surface area contributed by atoms with E-state index in [0.717, 1.165) is 39.0 Å². The van der Waals surface area contributed by atoms with Crippen LogP contribution < -0.4 is 5.32 Å². The molecule has 1 aliphatic heterocycles. The molecule has 0 aromatic rings. The zero-order valence-electron chi connectivity index (χ0n) is 12.1. The number of carbonyl (C=O) groups excluding carboxylic acids is 2. The van der Waals surface area contributed by atoms with E-state index in [2.05, 4.69) is 17.1 Å². The van der Waals surface area contributed by atoms with Gasteiger partial charge in [0.15, 0.2) is 0 Å². The third-order valence-corrected chi connectivity index (χ3v) is 3.60. The Morgan fingerprint density at radius 3 is 2.47 bits per heavy atom. The first-order chi connectivity index (χ1) is 9.15. The van der Waals surface area contributed by atoms with E-state index in [1.165, 1.54) is 0 Å². The number of rotatable bonds is 7. The van der Waals surface area contributed by atoms with Crippen LogP contribution in [-0.4, -0.2) is 49.6 Å². The van der Waals surface area contributed by atoms with Gasteiger partial charge in [-0.15, -0.1) is 0 Å². The highest BCUT2D eigenvalue weighted by atomic mass is 16.5. The van der Waals surface area contributed by atoms with Crippen molar-refractivity contribution in [1.82, 2.24) is 10.2 Å². The Bertz CT molecular complexity index is 286. The normalized spacial score (nSPS) is 17.2. The second-order valence-electron chi connectivity index (χ2n) is 4.99. The van der Waals surface area contributed by atoms with Crippen LogP contribution in [0.1, 0.15) is 39.5 Å². The van der Waals surface area contributed by atoms with E-state index < -0.39 is 0 Å². The molecule has 5 nitrogen and oxygen atoms in total. The average Bonchev–Trinajstić information content (AvgIpc) is 2.44. The molecule has 1 aliphatic rings. The fourth-order valence-electron chi connectivity index (χ4n) is 2.30. The molecule has 0 aromatic heterocycles. The molecule has 1 fully saturated rings. The summed E-state index contributed by atoms with van der Waals surface area (Å²) < 4.78 is 4.79. The van der Waals surface area contributed by atoms with Gasteiger partial charge in [0, 0.05) is 13.0 Å². The van der Waals surface area contributed by atoms with Crippen molar-refractivity contribution in [2.75, 3.05) is 32.8 Å². The minimum atomic E-state index is -0.297. The third kappa shape index (κ3) is 6.57. The molecule has 0 bridgehead atoms. The number of hydrogen-bond acceptors (Lipinski definition) is 4. The van der Waals surface area contributed by atoms with E-state index in [4.69, 9.17) is 4.74 Å². The predicted molar refractivity (Wildman–Crippen MR) is 73.7 cm³/mol. The topological polar surface area (TPSA) is 58.6 Å². The lowest BCUT2D eigenvalue weighted by Gasteiger charge is -2.31. The smallest absolute Gasteiger partial charge is 0.306 e. The van der Waals surface area contributed by atoms with Crippen molar-refractivity contribution < 1.29 is 14.3 Å². The molecule has 1 N–H and O–H groups in total. The molecule has 0 radical (unpaired) electrons. The van der Waals surface area contributed by atoms with Crippen molar-refractivity contribution in [3.05, 3.63) is 0 Å². The summed E-state index contributed by atoms with van der Waals surface area (Å²) in [7, 11) is 0. The SMILES string of the molecule is CCOC(=O)CCC(=O)NCC1CCN(CC)CC1. The van der Waals surface area contributed by atoms with Gasteiger partial charge in [0.25, 0.3) is 0 Å². The number of esters is 1. The number of likely N-dealkylation sites (tertiary alicyclic amines) is 1. The molecule has 0 aromatic carbocycles. The molecular weight excluding hydrogens is 244 g/mol. The second kappa shape index (κ2) is 8.91. The van der Waals surface area contributed by atoms with Crippen LogP contribution in [-0.2, 0) is 14.3 Å². The highest BCUT2D eigenvalue weighted by Crippen LogP contribution is 2.15. The highest BCUT2D eigenvalue weighted by Gasteiger charge is 2.18. The fraction of sp³-hybridized carbons (Fsp3) is 0.857. The summed E-state index contributed by atoms with van der Waals surface area (Å²) in [4.78, 5) is 25.1. The van der Waals surface area contributed by atoms with Crippen molar-refractivity contribution >= 4 is 11.9 Å². The summed E-state index contributed by atoms with van der Waals surface area (Å²) in [5.74, 6) is 0.231. The van der Waals surface area contributed by atoms with Gasteiger partial charge in [0.1, 0.15) is 0 Å². The van der Waals surface area contributed by atoms with Gasteiger partial charge in [-0.1, -0.05) is 6.92 Å². The zero-order valence-corrected chi connectivity index (χ0v) is 12.1. The number of nitrogens with zero attached hydrogens (tertiary/aromatic N) is 1. The number of piperidine rings is 1. The van der Waals surface area contributed by atoms with Crippen molar-refractivity contribution in [2.24, 2.45) is 5.92 Å². The minimum Gasteiger partial charge on any atom is -0.466 e. The van der Waals surface area contributed by atoms with Gasteiger partial charge in [-0.3, -0.25) is 9.59 Å². The van der Waals surface area contributed by atoms with E-state index in [0.29, 0.717) is 12.5 Å². The van der Waals surface area contributed by atoms with Crippen LogP contribution in [0.3, 0.4) is 0 Å². The maximum atomic E-state index is 11.6. The predicted octanol–water partition coefficient (Wildman–Crippen LogP) is 1.18. The van der Waals surface area contributed by atoms with Gasteiger partial charge in [-0.25, -0.2) is 0 Å². The van der Waals surface area contributed by atoms with E-state index in [1.54, 1.807) is 6.92 Å². The molecule has 1 rings (SSSR count). The van der Waals surface area contributed by atoms with E-state index in [-0.39, 0.29) is 24.7 Å². The van der Waals surface area contributed by atoms with Crippen LogP contribution in [0.15, 0.2) is 0 Å². The molecule has 1 amide bonds. The van der Waals surface area contributed by atoms with Crippen molar-refractivity contribution in [1.29, 1.82) is 0 Å². The van der Waals surface area contributed by atoms with Gasteiger partial charge in [0.05, 0.1) is 13.0 Å². The molecule has 19 heavy (non-hydrogen) atoms. The molecule has 0 aliphatic carbocycles. The summed E-state index contributed by atoms with van der Waals surface area (Å²) >= 11 is 0. The van der Waals surface area contributed by atoms with Crippen LogP contribution in [0.4, 0.5) is 0 Å².